The summed E-state index contributed by atoms with van der Waals surface area (Å²) in [4.78, 5) is 13.3. The molecule has 0 bridgehead atoms. The van der Waals surface area contributed by atoms with Crippen LogP contribution in [-0.2, 0) is 6.54 Å². The first-order chi connectivity index (χ1) is 8.58. The molecule has 0 aliphatic heterocycles. The van der Waals surface area contributed by atoms with Crippen LogP contribution in [0, 0.1) is 13.8 Å². The van der Waals surface area contributed by atoms with Crippen LogP contribution >= 0.6 is 27.3 Å². The van der Waals surface area contributed by atoms with E-state index in [1.807, 2.05) is 30.5 Å². The average Bonchev–Trinajstić information content (AvgIpc) is 2.75. The first-order valence-corrected chi connectivity index (χ1v) is 7.32. The molecule has 94 valence electrons. The van der Waals surface area contributed by atoms with Gasteiger partial charge in [-0.1, -0.05) is 11.6 Å². The van der Waals surface area contributed by atoms with Gasteiger partial charge >= 0.3 is 0 Å². The predicted octanol–water partition coefficient (Wildman–Crippen LogP) is 4.06. The van der Waals surface area contributed by atoms with Crippen LogP contribution in [-0.4, -0.2) is 5.91 Å². The maximum absolute atomic E-state index is 12.1. The molecule has 2 rings (SSSR count). The number of aryl methyl sites for hydroxylation is 2. The normalized spacial score (nSPS) is 10.4. The molecule has 0 unspecified atom stereocenters. The molecule has 2 aromatic rings. The van der Waals surface area contributed by atoms with Crippen molar-refractivity contribution >= 4 is 33.2 Å². The lowest BCUT2D eigenvalue weighted by Gasteiger charge is -2.07. The molecule has 0 atom stereocenters. The summed E-state index contributed by atoms with van der Waals surface area (Å²) in [7, 11) is 0. The van der Waals surface area contributed by atoms with Crippen molar-refractivity contribution in [2.75, 3.05) is 0 Å². The van der Waals surface area contributed by atoms with Crippen LogP contribution in [0.3, 0.4) is 0 Å². The van der Waals surface area contributed by atoms with Crippen LogP contribution in [0.2, 0.25) is 0 Å². The van der Waals surface area contributed by atoms with E-state index in [4.69, 9.17) is 0 Å². The smallest absolute Gasteiger partial charge is 0.252 e. The Kier molecular flexibility index (Phi) is 4.19. The van der Waals surface area contributed by atoms with Crippen LogP contribution in [0.4, 0.5) is 0 Å². The molecule has 1 aromatic carbocycles. The van der Waals surface area contributed by atoms with Crippen molar-refractivity contribution < 1.29 is 4.79 Å². The molecule has 4 heteroatoms. The van der Waals surface area contributed by atoms with E-state index >= 15 is 0 Å². The zero-order valence-electron chi connectivity index (χ0n) is 10.3. The number of nitrogens with one attached hydrogen (secondary N) is 1. The summed E-state index contributed by atoms with van der Waals surface area (Å²) >= 11 is 5.07. The highest BCUT2D eigenvalue weighted by atomic mass is 79.9. The van der Waals surface area contributed by atoms with Crippen molar-refractivity contribution in [1.82, 2.24) is 5.32 Å². The highest BCUT2D eigenvalue weighted by Crippen LogP contribution is 2.19. The second-order valence-corrected chi connectivity index (χ2v) is 6.05. The molecule has 0 aliphatic rings. The Morgan fingerprint density at radius 2 is 2.11 bits per heavy atom. The lowest BCUT2D eigenvalue weighted by Crippen LogP contribution is -2.23. The molecule has 1 N–H and O–H groups in total. The fourth-order valence-corrected chi connectivity index (χ4v) is 2.93. The SMILES string of the molecule is Cc1ccc(Br)c(C(=O)NCc2sccc2C)c1. The van der Waals surface area contributed by atoms with Gasteiger partial charge in [0.2, 0.25) is 0 Å². The van der Waals surface area contributed by atoms with Crippen molar-refractivity contribution in [2.24, 2.45) is 0 Å². The number of amides is 1. The maximum Gasteiger partial charge on any atom is 0.252 e. The van der Waals surface area contributed by atoms with Crippen molar-refractivity contribution in [3.8, 4) is 0 Å². The van der Waals surface area contributed by atoms with Crippen LogP contribution in [0.5, 0.6) is 0 Å². The summed E-state index contributed by atoms with van der Waals surface area (Å²) in [5.74, 6) is -0.0432. The molecular weight excluding hydrogens is 310 g/mol. The monoisotopic (exact) mass is 323 g/mol. The van der Waals surface area contributed by atoms with Gasteiger partial charge in [-0.25, -0.2) is 0 Å². The molecule has 1 heterocycles. The first kappa shape index (κ1) is 13.3. The van der Waals surface area contributed by atoms with E-state index in [1.54, 1.807) is 11.3 Å². The predicted molar refractivity (Wildman–Crippen MR) is 79.1 cm³/mol. The van der Waals surface area contributed by atoms with E-state index in [-0.39, 0.29) is 5.91 Å². The fraction of sp³-hybridized carbons (Fsp3) is 0.214. The van der Waals surface area contributed by atoms with Crippen LogP contribution in [0.15, 0.2) is 34.1 Å². The van der Waals surface area contributed by atoms with E-state index in [1.165, 1.54) is 10.4 Å². The van der Waals surface area contributed by atoms with Gasteiger partial charge in [0.15, 0.2) is 0 Å². The Morgan fingerprint density at radius 3 is 2.78 bits per heavy atom. The Bertz CT molecular complexity index is 577. The minimum absolute atomic E-state index is 0.0432. The third-order valence-electron chi connectivity index (χ3n) is 2.74. The Balaban J connectivity index is 2.08. The van der Waals surface area contributed by atoms with Gasteiger partial charge in [-0.15, -0.1) is 11.3 Å². The second-order valence-electron chi connectivity index (χ2n) is 4.19. The molecule has 0 saturated carbocycles. The zero-order valence-corrected chi connectivity index (χ0v) is 12.7. The molecule has 1 aromatic heterocycles. The van der Waals surface area contributed by atoms with Gasteiger partial charge in [-0.3, -0.25) is 4.79 Å². The molecule has 0 radical (unpaired) electrons. The third kappa shape index (κ3) is 3.00. The lowest BCUT2D eigenvalue weighted by molar-refractivity contribution is 0.0950. The highest BCUT2D eigenvalue weighted by Gasteiger charge is 2.10. The molecule has 0 fully saturated rings. The Morgan fingerprint density at radius 1 is 1.33 bits per heavy atom. The minimum atomic E-state index is -0.0432. The molecule has 0 aliphatic carbocycles. The van der Waals surface area contributed by atoms with E-state index in [0.29, 0.717) is 12.1 Å². The molecule has 2 nitrogen and oxygen atoms in total. The third-order valence-corrected chi connectivity index (χ3v) is 4.46. The van der Waals surface area contributed by atoms with E-state index in [2.05, 4.69) is 34.2 Å². The molecule has 0 saturated heterocycles. The van der Waals surface area contributed by atoms with E-state index in [0.717, 1.165) is 10.0 Å². The molecule has 18 heavy (non-hydrogen) atoms. The van der Waals surface area contributed by atoms with Crippen molar-refractivity contribution in [3.05, 3.63) is 55.7 Å². The molecule has 0 spiro atoms. The van der Waals surface area contributed by atoms with Crippen LogP contribution in [0.25, 0.3) is 0 Å². The van der Waals surface area contributed by atoms with Crippen LogP contribution < -0.4 is 5.32 Å². The van der Waals surface area contributed by atoms with Crippen molar-refractivity contribution in [1.29, 1.82) is 0 Å². The topological polar surface area (TPSA) is 29.1 Å². The molecular formula is C14H14BrNOS. The second kappa shape index (κ2) is 5.67. The largest absolute Gasteiger partial charge is 0.347 e. The highest BCUT2D eigenvalue weighted by molar-refractivity contribution is 9.10. The van der Waals surface area contributed by atoms with E-state index < -0.39 is 0 Å². The van der Waals surface area contributed by atoms with Gasteiger partial charge in [0.25, 0.3) is 5.91 Å². The van der Waals surface area contributed by atoms with Gasteiger partial charge in [-0.2, -0.15) is 0 Å². The summed E-state index contributed by atoms with van der Waals surface area (Å²) < 4.78 is 0.827. The Hall–Kier alpha value is -1.13. The number of carbonyl (C=O) groups excluding carboxylic acids is 1. The first-order valence-electron chi connectivity index (χ1n) is 5.65. The van der Waals surface area contributed by atoms with E-state index in [9.17, 15) is 4.79 Å². The molecule has 1 amide bonds. The number of hydrogen-bond donors (Lipinski definition) is 1. The number of benzene rings is 1. The lowest BCUT2D eigenvalue weighted by atomic mass is 10.1. The summed E-state index contributed by atoms with van der Waals surface area (Å²) in [5, 5.41) is 4.99. The van der Waals surface area contributed by atoms with Gasteiger partial charge < -0.3 is 5.32 Å². The van der Waals surface area contributed by atoms with Gasteiger partial charge in [0.1, 0.15) is 0 Å². The maximum atomic E-state index is 12.1. The number of carbonyl (C=O) groups is 1. The zero-order chi connectivity index (χ0) is 13.1. The van der Waals surface area contributed by atoms with Crippen molar-refractivity contribution in [2.45, 2.75) is 20.4 Å². The average molecular weight is 324 g/mol. The standard InChI is InChI=1S/C14H14BrNOS/c1-9-3-4-12(15)11(7-9)14(17)16-8-13-10(2)5-6-18-13/h3-7H,8H2,1-2H3,(H,16,17). The quantitative estimate of drug-likeness (QED) is 0.906. The summed E-state index contributed by atoms with van der Waals surface area (Å²) in [6.07, 6.45) is 0. The van der Waals surface area contributed by atoms with Gasteiger partial charge in [-0.05, 0) is 58.9 Å². The minimum Gasteiger partial charge on any atom is -0.347 e. The summed E-state index contributed by atoms with van der Waals surface area (Å²) in [6.45, 7) is 4.62. The van der Waals surface area contributed by atoms with Crippen molar-refractivity contribution in [3.63, 3.8) is 0 Å². The van der Waals surface area contributed by atoms with Gasteiger partial charge in [0, 0.05) is 9.35 Å². The Labute approximate surface area is 119 Å². The van der Waals surface area contributed by atoms with Crippen LogP contribution in [0.1, 0.15) is 26.4 Å². The summed E-state index contributed by atoms with van der Waals surface area (Å²) in [5.41, 5.74) is 2.99. The number of hydrogen-bond acceptors (Lipinski definition) is 2. The fourth-order valence-electron chi connectivity index (χ4n) is 1.65. The summed E-state index contributed by atoms with van der Waals surface area (Å²) in [6, 6.07) is 7.83. The number of rotatable bonds is 3. The number of thiophene rings is 1. The van der Waals surface area contributed by atoms with Gasteiger partial charge in [0.05, 0.1) is 12.1 Å². The number of halogens is 1.